The summed E-state index contributed by atoms with van der Waals surface area (Å²) in [5.74, 6) is 0.726. The molecule has 0 heterocycles. The molecule has 28 heavy (non-hydrogen) atoms. The summed E-state index contributed by atoms with van der Waals surface area (Å²) in [7, 11) is 0. The van der Waals surface area contributed by atoms with Gasteiger partial charge in [-0.05, 0) is 54.6 Å². The Labute approximate surface area is 172 Å². The predicted octanol–water partition coefficient (Wildman–Crippen LogP) is 8.08. The largest absolute Gasteiger partial charge is 0.103 e. The highest BCUT2D eigenvalue weighted by molar-refractivity contribution is 5.44. The van der Waals surface area contributed by atoms with E-state index in [1.54, 1.807) is 11.1 Å². The first-order valence-corrected chi connectivity index (χ1v) is 11.6. The van der Waals surface area contributed by atoms with Crippen LogP contribution in [0.1, 0.15) is 81.8 Å². The summed E-state index contributed by atoms with van der Waals surface area (Å²) in [6.07, 6.45) is 17.1. The van der Waals surface area contributed by atoms with Crippen LogP contribution in [0.4, 0.5) is 0 Å². The number of benzene rings is 2. The maximum absolute atomic E-state index is 4.25. The molecule has 148 valence electrons. The van der Waals surface area contributed by atoms with Gasteiger partial charge in [0.1, 0.15) is 0 Å². The molecule has 0 heteroatoms. The Morgan fingerprint density at radius 2 is 1.25 bits per heavy atom. The Bertz CT molecular complexity index is 691. The van der Waals surface area contributed by atoms with Crippen LogP contribution in [0.5, 0.6) is 0 Å². The number of rotatable bonds is 6. The highest BCUT2D eigenvalue weighted by Crippen LogP contribution is 2.62. The second kappa shape index (κ2) is 8.68. The van der Waals surface area contributed by atoms with Crippen molar-refractivity contribution < 1.29 is 0 Å². The van der Waals surface area contributed by atoms with Crippen LogP contribution in [-0.4, -0.2) is 0 Å². The van der Waals surface area contributed by atoms with E-state index in [-0.39, 0.29) is 10.8 Å². The van der Waals surface area contributed by atoms with Crippen molar-refractivity contribution in [2.75, 3.05) is 0 Å². The summed E-state index contributed by atoms with van der Waals surface area (Å²) < 4.78 is 0. The SMILES string of the molecule is C=CCC1(C(c2ccccc2)(c2ccccc2)C2CCCCC2)CCCCC1. The molecule has 0 aliphatic heterocycles. The molecule has 2 saturated carbocycles. The van der Waals surface area contributed by atoms with Crippen molar-refractivity contribution in [3.05, 3.63) is 84.4 Å². The second-order valence-corrected chi connectivity index (χ2v) is 9.21. The number of hydrogen-bond donors (Lipinski definition) is 0. The van der Waals surface area contributed by atoms with Crippen LogP contribution in [-0.2, 0) is 5.41 Å². The summed E-state index contributed by atoms with van der Waals surface area (Å²) in [6, 6.07) is 23.1. The van der Waals surface area contributed by atoms with Crippen LogP contribution in [0.25, 0.3) is 0 Å². The van der Waals surface area contributed by atoms with Crippen molar-refractivity contribution in [1.82, 2.24) is 0 Å². The Balaban J connectivity index is 2.00. The van der Waals surface area contributed by atoms with Gasteiger partial charge in [-0.1, -0.05) is 105 Å². The molecule has 0 unspecified atom stereocenters. The van der Waals surface area contributed by atoms with Crippen molar-refractivity contribution in [2.45, 2.75) is 76.0 Å². The highest BCUT2D eigenvalue weighted by atomic mass is 14.6. The third-order valence-corrected chi connectivity index (χ3v) is 7.86. The van der Waals surface area contributed by atoms with Gasteiger partial charge < -0.3 is 0 Å². The first kappa shape index (κ1) is 19.5. The highest BCUT2D eigenvalue weighted by Gasteiger charge is 2.56. The zero-order chi connectivity index (χ0) is 19.3. The van der Waals surface area contributed by atoms with E-state index < -0.39 is 0 Å². The van der Waals surface area contributed by atoms with Gasteiger partial charge in [0.15, 0.2) is 0 Å². The first-order chi connectivity index (χ1) is 13.8. The van der Waals surface area contributed by atoms with Gasteiger partial charge >= 0.3 is 0 Å². The van der Waals surface area contributed by atoms with Gasteiger partial charge in [0.05, 0.1) is 0 Å². The quantitative estimate of drug-likeness (QED) is 0.449. The summed E-state index contributed by atoms with van der Waals surface area (Å²) >= 11 is 0. The molecular formula is C28H36. The van der Waals surface area contributed by atoms with Crippen LogP contribution in [0.2, 0.25) is 0 Å². The second-order valence-electron chi connectivity index (χ2n) is 9.21. The number of hydrogen-bond acceptors (Lipinski definition) is 0. The summed E-state index contributed by atoms with van der Waals surface area (Å²) in [4.78, 5) is 0. The van der Waals surface area contributed by atoms with E-state index in [1.807, 2.05) is 0 Å². The average Bonchev–Trinajstić information content (AvgIpc) is 2.77. The lowest BCUT2D eigenvalue weighted by Gasteiger charge is -2.58. The summed E-state index contributed by atoms with van der Waals surface area (Å²) in [5.41, 5.74) is 3.50. The summed E-state index contributed by atoms with van der Waals surface area (Å²) in [6.45, 7) is 4.25. The van der Waals surface area contributed by atoms with Crippen LogP contribution >= 0.6 is 0 Å². The minimum Gasteiger partial charge on any atom is -0.103 e. The van der Waals surface area contributed by atoms with Crippen molar-refractivity contribution >= 4 is 0 Å². The molecular weight excluding hydrogens is 336 g/mol. The van der Waals surface area contributed by atoms with Gasteiger partial charge in [-0.3, -0.25) is 0 Å². The lowest BCUT2D eigenvalue weighted by Crippen LogP contribution is -2.53. The summed E-state index contributed by atoms with van der Waals surface area (Å²) in [5, 5.41) is 0. The molecule has 2 aromatic rings. The molecule has 0 bridgehead atoms. The predicted molar refractivity (Wildman–Crippen MR) is 121 cm³/mol. The molecule has 0 atom stereocenters. The van der Waals surface area contributed by atoms with Gasteiger partial charge in [0.2, 0.25) is 0 Å². The van der Waals surface area contributed by atoms with E-state index in [2.05, 4.69) is 73.3 Å². The Morgan fingerprint density at radius 1 is 0.750 bits per heavy atom. The normalized spacial score (nSPS) is 20.6. The molecule has 4 rings (SSSR count). The molecule has 0 N–H and O–H groups in total. The lowest BCUT2D eigenvalue weighted by molar-refractivity contribution is 0.0310. The van der Waals surface area contributed by atoms with Crippen molar-refractivity contribution in [3.8, 4) is 0 Å². The third kappa shape index (κ3) is 3.25. The topological polar surface area (TPSA) is 0 Å². The van der Waals surface area contributed by atoms with Gasteiger partial charge in [-0.25, -0.2) is 0 Å². The van der Waals surface area contributed by atoms with E-state index in [0.717, 1.165) is 12.3 Å². The maximum atomic E-state index is 4.25. The van der Waals surface area contributed by atoms with E-state index >= 15 is 0 Å². The van der Waals surface area contributed by atoms with Gasteiger partial charge in [-0.15, -0.1) is 6.58 Å². The van der Waals surface area contributed by atoms with E-state index in [4.69, 9.17) is 0 Å². The molecule has 0 amide bonds. The molecule has 2 aliphatic rings. The molecule has 2 aromatic carbocycles. The van der Waals surface area contributed by atoms with Gasteiger partial charge in [0, 0.05) is 5.41 Å². The Morgan fingerprint density at radius 3 is 1.75 bits per heavy atom. The molecule has 0 saturated heterocycles. The number of allylic oxidation sites excluding steroid dienone is 1. The lowest BCUT2D eigenvalue weighted by atomic mass is 9.45. The molecule has 0 spiro atoms. The van der Waals surface area contributed by atoms with E-state index in [0.29, 0.717) is 0 Å². The van der Waals surface area contributed by atoms with Gasteiger partial charge in [0.25, 0.3) is 0 Å². The van der Waals surface area contributed by atoms with E-state index in [1.165, 1.54) is 64.2 Å². The van der Waals surface area contributed by atoms with Crippen molar-refractivity contribution in [3.63, 3.8) is 0 Å². The molecule has 2 fully saturated rings. The monoisotopic (exact) mass is 372 g/mol. The zero-order valence-corrected chi connectivity index (χ0v) is 17.4. The fraction of sp³-hybridized carbons (Fsp3) is 0.500. The molecule has 0 nitrogen and oxygen atoms in total. The van der Waals surface area contributed by atoms with E-state index in [9.17, 15) is 0 Å². The first-order valence-electron chi connectivity index (χ1n) is 11.6. The van der Waals surface area contributed by atoms with Crippen molar-refractivity contribution in [1.29, 1.82) is 0 Å². The van der Waals surface area contributed by atoms with Crippen molar-refractivity contribution in [2.24, 2.45) is 11.3 Å². The Hall–Kier alpha value is -1.82. The zero-order valence-electron chi connectivity index (χ0n) is 17.4. The van der Waals surface area contributed by atoms with Crippen LogP contribution in [0.3, 0.4) is 0 Å². The average molecular weight is 373 g/mol. The maximum Gasteiger partial charge on any atom is 0.0290 e. The Kier molecular flexibility index (Phi) is 6.04. The third-order valence-electron chi connectivity index (χ3n) is 7.86. The fourth-order valence-corrected chi connectivity index (χ4v) is 6.89. The standard InChI is InChI=1S/C28H36/c1-2-21-27(22-13-6-14-23-27)28(24-15-7-3-8-16-24,25-17-9-4-10-18-25)26-19-11-5-12-20-26/h2-4,7-10,15-18,26H,1,5-6,11-14,19-23H2. The molecule has 0 aromatic heterocycles. The minimum atomic E-state index is 0.102. The smallest absolute Gasteiger partial charge is 0.0290 e. The fourth-order valence-electron chi connectivity index (χ4n) is 6.89. The minimum absolute atomic E-state index is 0.102. The van der Waals surface area contributed by atoms with Gasteiger partial charge in [-0.2, -0.15) is 0 Å². The molecule has 2 aliphatic carbocycles. The van der Waals surface area contributed by atoms with Crippen LogP contribution in [0, 0.1) is 11.3 Å². The van der Waals surface area contributed by atoms with Crippen LogP contribution in [0.15, 0.2) is 73.3 Å². The van der Waals surface area contributed by atoms with Crippen LogP contribution < -0.4 is 0 Å². The molecule has 0 radical (unpaired) electrons.